The largest absolute Gasteiger partial charge is 0.370 e. The fourth-order valence-electron chi connectivity index (χ4n) is 2.35. The minimum absolute atomic E-state index is 0.0707. The first-order valence-corrected chi connectivity index (χ1v) is 7.89. The van der Waals surface area contributed by atoms with Crippen molar-refractivity contribution in [1.82, 2.24) is 20.4 Å². The van der Waals surface area contributed by atoms with E-state index in [4.69, 9.17) is 9.26 Å². The topological polar surface area (TPSA) is 80.5 Å². The minimum Gasteiger partial charge on any atom is -0.370 e. The van der Waals surface area contributed by atoms with Crippen LogP contribution in [-0.4, -0.2) is 47.2 Å². The second-order valence-electron chi connectivity index (χ2n) is 6.26. The summed E-state index contributed by atoms with van der Waals surface area (Å²) >= 11 is 0. The molecule has 1 aromatic rings. The SMILES string of the molecule is CC(C)COC(C)c1noc(CN(C)C(=O)C2CCCN2)n1. The molecule has 0 aliphatic carbocycles. The van der Waals surface area contributed by atoms with Crippen molar-refractivity contribution in [3.63, 3.8) is 0 Å². The maximum absolute atomic E-state index is 12.2. The van der Waals surface area contributed by atoms with Gasteiger partial charge < -0.3 is 19.5 Å². The highest BCUT2D eigenvalue weighted by molar-refractivity contribution is 5.81. The molecule has 2 unspecified atom stereocenters. The minimum atomic E-state index is -0.211. The van der Waals surface area contributed by atoms with Crippen molar-refractivity contribution in [1.29, 1.82) is 0 Å². The lowest BCUT2D eigenvalue weighted by atomic mass is 10.2. The first-order chi connectivity index (χ1) is 10.5. The van der Waals surface area contributed by atoms with Crippen LogP contribution in [0.2, 0.25) is 0 Å². The Hall–Kier alpha value is -1.47. The summed E-state index contributed by atoms with van der Waals surface area (Å²) in [6.45, 7) is 7.95. The molecule has 1 fully saturated rings. The molecular weight excluding hydrogens is 284 g/mol. The highest BCUT2D eigenvalue weighted by Crippen LogP contribution is 2.15. The number of likely N-dealkylation sites (N-methyl/N-ethyl adjacent to an activating group) is 1. The van der Waals surface area contributed by atoms with E-state index in [-0.39, 0.29) is 18.1 Å². The summed E-state index contributed by atoms with van der Waals surface area (Å²) in [6.07, 6.45) is 1.72. The normalized spacial score (nSPS) is 19.6. The molecule has 0 radical (unpaired) electrons. The number of hydrogen-bond donors (Lipinski definition) is 1. The number of carbonyl (C=O) groups excluding carboxylic acids is 1. The van der Waals surface area contributed by atoms with Gasteiger partial charge in [-0.1, -0.05) is 19.0 Å². The Bertz CT molecular complexity index is 483. The Kier molecular flexibility index (Phi) is 5.90. The molecule has 1 amide bonds. The summed E-state index contributed by atoms with van der Waals surface area (Å²) in [7, 11) is 1.75. The van der Waals surface area contributed by atoms with E-state index >= 15 is 0 Å². The maximum atomic E-state index is 12.2. The molecular formula is C15H26N4O3. The van der Waals surface area contributed by atoms with Crippen molar-refractivity contribution < 1.29 is 14.1 Å². The van der Waals surface area contributed by atoms with E-state index in [1.54, 1.807) is 11.9 Å². The van der Waals surface area contributed by atoms with E-state index in [0.717, 1.165) is 19.4 Å². The number of ether oxygens (including phenoxy) is 1. The lowest BCUT2D eigenvalue weighted by molar-refractivity contribution is -0.132. The summed E-state index contributed by atoms with van der Waals surface area (Å²) in [6, 6.07) is -0.0827. The van der Waals surface area contributed by atoms with Gasteiger partial charge in [0.25, 0.3) is 0 Å². The van der Waals surface area contributed by atoms with Crippen LogP contribution in [0.15, 0.2) is 4.52 Å². The molecule has 7 nitrogen and oxygen atoms in total. The van der Waals surface area contributed by atoms with Crippen LogP contribution in [0.25, 0.3) is 0 Å². The van der Waals surface area contributed by atoms with Gasteiger partial charge in [0.2, 0.25) is 11.8 Å². The van der Waals surface area contributed by atoms with Crippen LogP contribution < -0.4 is 5.32 Å². The second-order valence-corrected chi connectivity index (χ2v) is 6.26. The molecule has 0 spiro atoms. The van der Waals surface area contributed by atoms with Crippen LogP contribution in [0.5, 0.6) is 0 Å². The molecule has 0 saturated carbocycles. The molecule has 1 aliphatic heterocycles. The zero-order chi connectivity index (χ0) is 16.1. The van der Waals surface area contributed by atoms with Crippen LogP contribution in [0.4, 0.5) is 0 Å². The van der Waals surface area contributed by atoms with Crippen LogP contribution in [0.3, 0.4) is 0 Å². The lowest BCUT2D eigenvalue weighted by Crippen LogP contribution is -2.41. The van der Waals surface area contributed by atoms with Crippen molar-refractivity contribution in [2.75, 3.05) is 20.2 Å². The van der Waals surface area contributed by atoms with Crippen LogP contribution in [0, 0.1) is 5.92 Å². The van der Waals surface area contributed by atoms with E-state index < -0.39 is 0 Å². The highest BCUT2D eigenvalue weighted by atomic mass is 16.5. The fraction of sp³-hybridized carbons (Fsp3) is 0.800. The molecule has 2 atom stereocenters. The summed E-state index contributed by atoms with van der Waals surface area (Å²) in [4.78, 5) is 18.2. The summed E-state index contributed by atoms with van der Waals surface area (Å²) < 4.78 is 10.9. The molecule has 0 aromatic carbocycles. The van der Waals surface area contributed by atoms with Crippen LogP contribution in [0.1, 0.15) is 51.4 Å². The predicted molar refractivity (Wildman–Crippen MR) is 81.0 cm³/mol. The van der Waals surface area contributed by atoms with Gasteiger partial charge in [-0.25, -0.2) is 0 Å². The molecule has 0 bridgehead atoms. The van der Waals surface area contributed by atoms with Gasteiger partial charge in [0.1, 0.15) is 6.10 Å². The number of nitrogens with one attached hydrogen (secondary N) is 1. The maximum Gasteiger partial charge on any atom is 0.246 e. The average Bonchev–Trinajstić information content (AvgIpc) is 3.15. The van der Waals surface area contributed by atoms with Crippen molar-refractivity contribution in [3.05, 3.63) is 11.7 Å². The van der Waals surface area contributed by atoms with E-state index in [9.17, 15) is 4.79 Å². The second kappa shape index (κ2) is 7.69. The van der Waals surface area contributed by atoms with E-state index in [1.165, 1.54) is 0 Å². The first kappa shape index (κ1) is 16.9. The molecule has 7 heteroatoms. The zero-order valence-electron chi connectivity index (χ0n) is 13.8. The van der Waals surface area contributed by atoms with Crippen molar-refractivity contribution in [2.24, 2.45) is 5.92 Å². The Morgan fingerprint density at radius 1 is 1.50 bits per heavy atom. The summed E-state index contributed by atoms with van der Waals surface area (Å²) in [5.41, 5.74) is 0. The monoisotopic (exact) mass is 310 g/mol. The zero-order valence-corrected chi connectivity index (χ0v) is 13.8. The molecule has 2 rings (SSSR count). The molecule has 1 N–H and O–H groups in total. The third-order valence-corrected chi connectivity index (χ3v) is 3.63. The Morgan fingerprint density at radius 3 is 2.91 bits per heavy atom. The number of aromatic nitrogens is 2. The van der Waals surface area contributed by atoms with Crippen molar-refractivity contribution in [3.8, 4) is 0 Å². The molecule has 1 aliphatic rings. The van der Waals surface area contributed by atoms with Gasteiger partial charge in [-0.3, -0.25) is 4.79 Å². The third-order valence-electron chi connectivity index (χ3n) is 3.63. The number of rotatable bonds is 7. The Balaban J connectivity index is 1.86. The number of amides is 1. The standard InChI is InChI=1S/C15H26N4O3/c1-10(2)9-21-11(3)14-17-13(22-18-14)8-19(4)15(20)12-6-5-7-16-12/h10-12,16H,5-9H2,1-4H3. The molecule has 1 saturated heterocycles. The van der Waals surface area contributed by atoms with Gasteiger partial charge in [-0.05, 0) is 32.2 Å². The quantitative estimate of drug-likeness (QED) is 0.822. The predicted octanol–water partition coefficient (Wildman–Crippen LogP) is 1.51. The highest BCUT2D eigenvalue weighted by Gasteiger charge is 2.26. The molecule has 2 heterocycles. The van der Waals surface area contributed by atoms with Crippen LogP contribution in [-0.2, 0) is 16.1 Å². The van der Waals surface area contributed by atoms with Gasteiger partial charge in [0, 0.05) is 13.7 Å². The van der Waals surface area contributed by atoms with Gasteiger partial charge >= 0.3 is 0 Å². The fourth-order valence-corrected chi connectivity index (χ4v) is 2.35. The van der Waals surface area contributed by atoms with Crippen LogP contribution >= 0.6 is 0 Å². The first-order valence-electron chi connectivity index (χ1n) is 7.89. The Labute approximate surface area is 131 Å². The van der Waals surface area contributed by atoms with E-state index in [1.807, 2.05) is 6.92 Å². The number of hydrogen-bond acceptors (Lipinski definition) is 6. The molecule has 124 valence electrons. The van der Waals surface area contributed by atoms with Gasteiger partial charge in [-0.15, -0.1) is 0 Å². The number of nitrogens with zero attached hydrogens (tertiary/aromatic N) is 3. The van der Waals surface area contributed by atoms with Gasteiger partial charge in [-0.2, -0.15) is 4.98 Å². The number of carbonyl (C=O) groups is 1. The lowest BCUT2D eigenvalue weighted by Gasteiger charge is -2.19. The Morgan fingerprint density at radius 2 is 2.27 bits per heavy atom. The smallest absolute Gasteiger partial charge is 0.246 e. The molecule has 22 heavy (non-hydrogen) atoms. The third kappa shape index (κ3) is 4.51. The van der Waals surface area contributed by atoms with Crippen molar-refractivity contribution in [2.45, 2.75) is 52.3 Å². The molecule has 1 aromatic heterocycles. The van der Waals surface area contributed by atoms with E-state index in [0.29, 0.717) is 30.8 Å². The van der Waals surface area contributed by atoms with Gasteiger partial charge in [0.05, 0.1) is 12.6 Å². The summed E-state index contributed by atoms with van der Waals surface area (Å²) in [5, 5.41) is 7.14. The average molecular weight is 310 g/mol. The summed E-state index contributed by atoms with van der Waals surface area (Å²) in [5.74, 6) is 1.48. The van der Waals surface area contributed by atoms with E-state index in [2.05, 4.69) is 29.3 Å². The van der Waals surface area contributed by atoms with Gasteiger partial charge in [0.15, 0.2) is 5.82 Å². The van der Waals surface area contributed by atoms with Crippen molar-refractivity contribution >= 4 is 5.91 Å².